The predicted molar refractivity (Wildman–Crippen MR) is 70.4 cm³/mol. The van der Waals surface area contributed by atoms with Crippen LogP contribution in [0.3, 0.4) is 0 Å². The number of nitrogens with zero attached hydrogens (tertiary/aromatic N) is 2. The first-order chi connectivity index (χ1) is 8.69. The van der Waals surface area contributed by atoms with E-state index in [4.69, 9.17) is 11.6 Å². The highest BCUT2D eigenvalue weighted by atomic mass is 35.5. The van der Waals surface area contributed by atoms with Gasteiger partial charge in [-0.1, -0.05) is 17.7 Å². The number of imidazole rings is 1. The number of nitrogens with one attached hydrogen (secondary N) is 1. The summed E-state index contributed by atoms with van der Waals surface area (Å²) < 4.78 is 15.0. The van der Waals surface area contributed by atoms with Crippen LogP contribution in [-0.4, -0.2) is 23.1 Å². The van der Waals surface area contributed by atoms with Crippen LogP contribution in [0.2, 0.25) is 5.02 Å². The molecule has 0 bridgehead atoms. The Morgan fingerprint density at radius 1 is 1.44 bits per heavy atom. The Bertz CT molecular complexity index is 525. The fourth-order valence-corrected chi connectivity index (χ4v) is 1.93. The third kappa shape index (κ3) is 3.31. The number of rotatable bonds is 5. The second kappa shape index (κ2) is 5.98. The Morgan fingerprint density at radius 3 is 3.00 bits per heavy atom. The summed E-state index contributed by atoms with van der Waals surface area (Å²) in [4.78, 5) is 4.31. The van der Waals surface area contributed by atoms with Crippen molar-refractivity contribution in [3.05, 3.63) is 52.8 Å². The monoisotopic (exact) mass is 267 g/mol. The number of benzene rings is 1. The normalized spacial score (nSPS) is 10.8. The molecule has 0 saturated heterocycles. The summed E-state index contributed by atoms with van der Waals surface area (Å²) >= 11 is 5.75. The van der Waals surface area contributed by atoms with Crippen LogP contribution in [0.1, 0.15) is 11.3 Å². The minimum atomic E-state index is -0.388. The van der Waals surface area contributed by atoms with Gasteiger partial charge in [0.1, 0.15) is 5.82 Å². The molecule has 96 valence electrons. The summed E-state index contributed by atoms with van der Waals surface area (Å²) in [5.41, 5.74) is 2.00. The van der Waals surface area contributed by atoms with Crippen LogP contribution in [0, 0.1) is 5.82 Å². The molecule has 0 radical (unpaired) electrons. The molecule has 0 spiro atoms. The van der Waals surface area contributed by atoms with Gasteiger partial charge in [0.15, 0.2) is 0 Å². The average Bonchev–Trinajstić information content (AvgIpc) is 2.79. The van der Waals surface area contributed by atoms with Crippen molar-refractivity contribution in [3.8, 4) is 0 Å². The highest BCUT2D eigenvalue weighted by Gasteiger charge is 2.03. The minimum absolute atomic E-state index is 0.156. The van der Waals surface area contributed by atoms with Crippen molar-refractivity contribution in [1.82, 2.24) is 14.9 Å². The van der Waals surface area contributed by atoms with Crippen LogP contribution in [-0.2, 0) is 13.0 Å². The molecule has 18 heavy (non-hydrogen) atoms. The zero-order chi connectivity index (χ0) is 13.0. The molecule has 0 amide bonds. The fourth-order valence-electron chi connectivity index (χ4n) is 1.72. The number of hydrogen-bond donors (Lipinski definition) is 1. The van der Waals surface area contributed by atoms with Crippen molar-refractivity contribution in [2.75, 3.05) is 13.6 Å². The first-order valence-corrected chi connectivity index (χ1v) is 6.16. The van der Waals surface area contributed by atoms with Crippen LogP contribution in [0.15, 0.2) is 30.7 Å². The van der Waals surface area contributed by atoms with Gasteiger partial charge in [-0.2, -0.15) is 0 Å². The van der Waals surface area contributed by atoms with Crippen LogP contribution < -0.4 is 5.32 Å². The molecule has 2 aromatic rings. The molecule has 3 nitrogen and oxygen atoms in total. The zero-order valence-corrected chi connectivity index (χ0v) is 10.9. The van der Waals surface area contributed by atoms with Gasteiger partial charge in [0.25, 0.3) is 0 Å². The van der Waals surface area contributed by atoms with Crippen LogP contribution in [0.4, 0.5) is 4.39 Å². The second-order valence-electron chi connectivity index (χ2n) is 4.14. The van der Waals surface area contributed by atoms with Gasteiger partial charge in [-0.05, 0) is 24.7 Å². The Kier molecular flexibility index (Phi) is 4.33. The Balaban J connectivity index is 2.04. The predicted octanol–water partition coefficient (Wildman–Crippen LogP) is 2.49. The molecule has 0 aliphatic carbocycles. The summed E-state index contributed by atoms with van der Waals surface area (Å²) in [5.74, 6) is -0.388. The van der Waals surface area contributed by atoms with E-state index in [0.29, 0.717) is 6.54 Å². The molecule has 0 aliphatic heterocycles. The SMILES string of the molecule is CNCCc1cn(Cc2ccc(F)c(Cl)c2)cn1. The van der Waals surface area contributed by atoms with Crippen molar-refractivity contribution in [2.45, 2.75) is 13.0 Å². The van der Waals surface area contributed by atoms with Gasteiger partial charge in [-0.15, -0.1) is 0 Å². The molecule has 0 atom stereocenters. The van der Waals surface area contributed by atoms with Crippen LogP contribution in [0.25, 0.3) is 0 Å². The maximum absolute atomic E-state index is 13.0. The van der Waals surface area contributed by atoms with Gasteiger partial charge in [-0.25, -0.2) is 9.37 Å². The van der Waals surface area contributed by atoms with Crippen molar-refractivity contribution in [2.24, 2.45) is 0 Å². The first kappa shape index (κ1) is 13.1. The Hall–Kier alpha value is -1.39. The summed E-state index contributed by atoms with van der Waals surface area (Å²) in [6, 6.07) is 4.76. The van der Waals surface area contributed by atoms with Gasteiger partial charge in [0.05, 0.1) is 17.0 Å². The maximum atomic E-state index is 13.0. The first-order valence-electron chi connectivity index (χ1n) is 5.78. The van der Waals surface area contributed by atoms with Crippen LogP contribution >= 0.6 is 11.6 Å². The number of likely N-dealkylation sites (N-methyl/N-ethyl adjacent to an activating group) is 1. The topological polar surface area (TPSA) is 29.9 Å². The zero-order valence-electron chi connectivity index (χ0n) is 10.2. The molecule has 1 heterocycles. The van der Waals surface area contributed by atoms with E-state index in [-0.39, 0.29) is 10.8 Å². The molecular formula is C13H15ClFN3. The van der Waals surface area contributed by atoms with Crippen LogP contribution in [0.5, 0.6) is 0 Å². The number of halogens is 2. The van der Waals surface area contributed by atoms with E-state index in [1.165, 1.54) is 6.07 Å². The summed E-state index contributed by atoms with van der Waals surface area (Å²) in [6.45, 7) is 1.55. The van der Waals surface area contributed by atoms with Crippen molar-refractivity contribution in [1.29, 1.82) is 0 Å². The van der Waals surface area contributed by atoms with E-state index in [9.17, 15) is 4.39 Å². The van der Waals surface area contributed by atoms with Gasteiger partial charge >= 0.3 is 0 Å². The molecule has 0 fully saturated rings. The Labute approximate surface area is 111 Å². The molecule has 5 heteroatoms. The quantitative estimate of drug-likeness (QED) is 0.902. The van der Waals surface area contributed by atoms with Gasteiger partial charge in [0, 0.05) is 25.7 Å². The lowest BCUT2D eigenvalue weighted by Crippen LogP contribution is -2.10. The largest absolute Gasteiger partial charge is 0.333 e. The summed E-state index contributed by atoms with van der Waals surface area (Å²) in [7, 11) is 1.91. The van der Waals surface area contributed by atoms with E-state index in [1.807, 2.05) is 17.8 Å². The third-order valence-electron chi connectivity index (χ3n) is 2.67. The average molecular weight is 268 g/mol. The molecule has 0 saturated carbocycles. The molecule has 2 rings (SSSR count). The van der Waals surface area contributed by atoms with Crippen molar-refractivity contribution < 1.29 is 4.39 Å². The molecule has 1 N–H and O–H groups in total. The van der Waals surface area contributed by atoms with Gasteiger partial charge in [-0.3, -0.25) is 0 Å². The van der Waals surface area contributed by atoms with Gasteiger partial charge in [0.2, 0.25) is 0 Å². The summed E-state index contributed by atoms with van der Waals surface area (Å²) in [6.07, 6.45) is 4.67. The lowest BCUT2D eigenvalue weighted by Gasteiger charge is -2.03. The molecule has 0 unspecified atom stereocenters. The smallest absolute Gasteiger partial charge is 0.141 e. The molecule has 1 aromatic carbocycles. The lowest BCUT2D eigenvalue weighted by atomic mass is 10.2. The minimum Gasteiger partial charge on any atom is -0.333 e. The fraction of sp³-hybridized carbons (Fsp3) is 0.308. The van der Waals surface area contributed by atoms with E-state index in [2.05, 4.69) is 10.3 Å². The van der Waals surface area contributed by atoms with E-state index in [1.54, 1.807) is 18.5 Å². The maximum Gasteiger partial charge on any atom is 0.141 e. The highest BCUT2D eigenvalue weighted by Crippen LogP contribution is 2.16. The van der Waals surface area contributed by atoms with Crippen molar-refractivity contribution in [3.63, 3.8) is 0 Å². The van der Waals surface area contributed by atoms with Gasteiger partial charge < -0.3 is 9.88 Å². The van der Waals surface area contributed by atoms with E-state index in [0.717, 1.165) is 24.2 Å². The molecule has 0 aliphatic rings. The Morgan fingerprint density at radius 2 is 2.28 bits per heavy atom. The van der Waals surface area contributed by atoms with Crippen molar-refractivity contribution >= 4 is 11.6 Å². The number of aromatic nitrogens is 2. The standard InChI is InChI=1S/C13H15ClFN3/c1-16-5-4-11-8-18(9-17-11)7-10-2-3-13(15)12(14)6-10/h2-3,6,8-9,16H,4-5,7H2,1H3. The van der Waals surface area contributed by atoms with E-state index < -0.39 is 0 Å². The number of hydrogen-bond acceptors (Lipinski definition) is 2. The summed E-state index contributed by atoms with van der Waals surface area (Å²) in [5, 5.41) is 3.24. The molecule has 1 aromatic heterocycles. The highest BCUT2D eigenvalue weighted by molar-refractivity contribution is 6.30. The third-order valence-corrected chi connectivity index (χ3v) is 2.96. The molecular weight excluding hydrogens is 253 g/mol. The second-order valence-corrected chi connectivity index (χ2v) is 4.55. The van der Waals surface area contributed by atoms with E-state index >= 15 is 0 Å². The lowest BCUT2D eigenvalue weighted by molar-refractivity contribution is 0.626.